The summed E-state index contributed by atoms with van der Waals surface area (Å²) in [5.41, 5.74) is 0.0824. The molecule has 0 spiro atoms. The average Bonchev–Trinajstić information content (AvgIpc) is 2.27. The largest absolute Gasteiger partial charge is 0.445 e. The molecular weight excluding hydrogens is 220 g/mol. The Morgan fingerprint density at radius 2 is 2.00 bits per heavy atom. The lowest BCUT2D eigenvalue weighted by Crippen LogP contribution is -2.53. The summed E-state index contributed by atoms with van der Waals surface area (Å²) in [6.07, 6.45) is -0.0505. The zero-order chi connectivity index (χ0) is 12.7. The number of hydrogen-bond donors (Lipinski definition) is 2. The number of nitrogens with one attached hydrogen (secondary N) is 2. The zero-order valence-electron chi connectivity index (χ0n) is 9.90. The molecule has 0 aliphatic heterocycles. The lowest BCUT2D eigenvalue weighted by atomic mass is 10.2. The van der Waals surface area contributed by atoms with Gasteiger partial charge in [-0.25, -0.2) is 4.79 Å². The van der Waals surface area contributed by atoms with Crippen LogP contribution in [0.2, 0.25) is 0 Å². The summed E-state index contributed by atoms with van der Waals surface area (Å²) in [4.78, 5) is 21.7. The normalized spacial score (nSPS) is 10.5. The minimum absolute atomic E-state index is 0.198. The minimum atomic E-state index is -0.824. The molecule has 0 saturated carbocycles. The number of ether oxygens (including phenoxy) is 1. The zero-order valence-corrected chi connectivity index (χ0v) is 9.90. The molecule has 2 amide bonds. The predicted molar refractivity (Wildman–Crippen MR) is 63.0 cm³/mol. The molecule has 2 N–H and O–H groups in total. The summed E-state index contributed by atoms with van der Waals surface area (Å²) < 4.78 is 5.00. The van der Waals surface area contributed by atoms with E-state index in [-0.39, 0.29) is 6.61 Å². The van der Waals surface area contributed by atoms with Crippen LogP contribution in [0, 0.1) is 0 Å². The minimum Gasteiger partial charge on any atom is -0.445 e. The van der Waals surface area contributed by atoms with Gasteiger partial charge < -0.3 is 10.1 Å². The second-order valence-corrected chi connectivity index (χ2v) is 4.07. The topological polar surface area (TPSA) is 67.4 Å². The van der Waals surface area contributed by atoms with Gasteiger partial charge in [0.15, 0.2) is 0 Å². The van der Waals surface area contributed by atoms with E-state index in [1.54, 1.807) is 13.8 Å². The molecule has 5 heteroatoms. The summed E-state index contributed by atoms with van der Waals surface area (Å²) >= 11 is 0. The van der Waals surface area contributed by atoms with Gasteiger partial charge in [-0.15, -0.1) is 0 Å². The van der Waals surface area contributed by atoms with Crippen LogP contribution in [0.25, 0.3) is 0 Å². The van der Waals surface area contributed by atoms with E-state index in [0.29, 0.717) is 6.41 Å². The summed E-state index contributed by atoms with van der Waals surface area (Å²) in [7, 11) is 0. The van der Waals surface area contributed by atoms with Crippen LogP contribution in [0.3, 0.4) is 0 Å². The van der Waals surface area contributed by atoms with E-state index >= 15 is 0 Å². The monoisotopic (exact) mass is 236 g/mol. The molecule has 5 nitrogen and oxygen atoms in total. The predicted octanol–water partition coefficient (Wildman–Crippen LogP) is 1.39. The second-order valence-electron chi connectivity index (χ2n) is 4.07. The van der Waals surface area contributed by atoms with Crippen molar-refractivity contribution < 1.29 is 14.3 Å². The Hall–Kier alpha value is -2.04. The Kier molecular flexibility index (Phi) is 4.51. The number of benzene rings is 1. The van der Waals surface area contributed by atoms with Gasteiger partial charge in [0.05, 0.1) is 0 Å². The Morgan fingerprint density at radius 3 is 2.59 bits per heavy atom. The molecule has 0 atom stereocenters. The fourth-order valence-corrected chi connectivity index (χ4v) is 1.20. The van der Waals surface area contributed by atoms with E-state index in [1.165, 1.54) is 0 Å². The van der Waals surface area contributed by atoms with E-state index in [2.05, 4.69) is 10.6 Å². The van der Waals surface area contributed by atoms with Gasteiger partial charge in [-0.3, -0.25) is 10.1 Å². The molecule has 0 fully saturated rings. The van der Waals surface area contributed by atoms with E-state index in [1.807, 2.05) is 30.3 Å². The third-order valence-electron chi connectivity index (χ3n) is 2.05. The lowest BCUT2D eigenvalue weighted by molar-refractivity contribution is -0.111. The first-order chi connectivity index (χ1) is 8.03. The van der Waals surface area contributed by atoms with Gasteiger partial charge in [0.25, 0.3) is 0 Å². The Labute approximate surface area is 100 Å². The van der Waals surface area contributed by atoms with E-state index in [4.69, 9.17) is 4.74 Å². The number of rotatable bonds is 5. The van der Waals surface area contributed by atoms with Crippen LogP contribution in [0.5, 0.6) is 0 Å². The van der Waals surface area contributed by atoms with Gasteiger partial charge in [-0.05, 0) is 19.4 Å². The fraction of sp³-hybridized carbons (Fsp3) is 0.333. The van der Waals surface area contributed by atoms with Gasteiger partial charge >= 0.3 is 6.09 Å². The molecule has 0 heterocycles. The van der Waals surface area contributed by atoms with E-state index < -0.39 is 11.8 Å². The van der Waals surface area contributed by atoms with E-state index in [9.17, 15) is 9.59 Å². The maximum absolute atomic E-state index is 11.4. The van der Waals surface area contributed by atoms with Crippen LogP contribution in [0.4, 0.5) is 4.79 Å². The quantitative estimate of drug-likeness (QED) is 0.599. The number of alkyl carbamates (subject to hydrolysis) is 1. The number of carbonyl (C=O) groups is 2. The van der Waals surface area contributed by atoms with Crippen LogP contribution in [0.15, 0.2) is 30.3 Å². The lowest BCUT2D eigenvalue weighted by Gasteiger charge is -2.24. The highest BCUT2D eigenvalue weighted by Crippen LogP contribution is 2.02. The highest BCUT2D eigenvalue weighted by molar-refractivity contribution is 5.68. The number of hydrogen-bond acceptors (Lipinski definition) is 3. The third-order valence-corrected chi connectivity index (χ3v) is 2.05. The molecule has 0 radical (unpaired) electrons. The van der Waals surface area contributed by atoms with Crippen molar-refractivity contribution in [1.82, 2.24) is 10.6 Å². The maximum atomic E-state index is 11.4. The highest BCUT2D eigenvalue weighted by atomic mass is 16.5. The summed E-state index contributed by atoms with van der Waals surface area (Å²) in [5, 5.41) is 4.98. The molecule has 0 aliphatic carbocycles. The second kappa shape index (κ2) is 5.89. The van der Waals surface area contributed by atoms with Crippen LogP contribution in [-0.2, 0) is 16.1 Å². The Morgan fingerprint density at radius 1 is 1.35 bits per heavy atom. The van der Waals surface area contributed by atoms with Crippen LogP contribution in [-0.4, -0.2) is 18.2 Å². The molecule has 1 aromatic rings. The van der Waals surface area contributed by atoms with Gasteiger partial charge in [0, 0.05) is 0 Å². The number of amides is 2. The van der Waals surface area contributed by atoms with Crippen LogP contribution < -0.4 is 10.6 Å². The van der Waals surface area contributed by atoms with Crippen molar-refractivity contribution in [2.75, 3.05) is 0 Å². The first kappa shape index (κ1) is 13.0. The van der Waals surface area contributed by atoms with Crippen molar-refractivity contribution in [3.05, 3.63) is 35.9 Å². The van der Waals surface area contributed by atoms with E-state index in [0.717, 1.165) is 5.56 Å². The molecule has 1 aromatic carbocycles. The molecule has 92 valence electrons. The van der Waals surface area contributed by atoms with Crippen molar-refractivity contribution in [2.24, 2.45) is 0 Å². The SMILES string of the molecule is CC(C)(NC=O)NC(=O)OCc1ccccc1. The fourth-order valence-electron chi connectivity index (χ4n) is 1.20. The van der Waals surface area contributed by atoms with Gasteiger partial charge in [0.2, 0.25) is 6.41 Å². The molecular formula is C12H16N2O3. The molecule has 0 aliphatic rings. The maximum Gasteiger partial charge on any atom is 0.409 e. The summed E-state index contributed by atoms with van der Waals surface area (Å²) in [6, 6.07) is 9.35. The molecule has 0 bridgehead atoms. The Bertz CT molecular complexity index is 377. The van der Waals surface area contributed by atoms with Crippen molar-refractivity contribution in [3.8, 4) is 0 Å². The first-order valence-electron chi connectivity index (χ1n) is 5.24. The third kappa shape index (κ3) is 5.01. The Balaban J connectivity index is 2.38. The molecule has 1 rings (SSSR count). The van der Waals surface area contributed by atoms with Crippen LogP contribution >= 0.6 is 0 Å². The van der Waals surface area contributed by atoms with Gasteiger partial charge in [-0.1, -0.05) is 30.3 Å². The summed E-state index contributed by atoms with van der Waals surface area (Å²) in [5.74, 6) is 0. The van der Waals surface area contributed by atoms with Crippen molar-refractivity contribution >= 4 is 12.5 Å². The van der Waals surface area contributed by atoms with Crippen molar-refractivity contribution in [2.45, 2.75) is 26.1 Å². The first-order valence-corrected chi connectivity index (χ1v) is 5.24. The molecule has 0 aromatic heterocycles. The average molecular weight is 236 g/mol. The van der Waals surface area contributed by atoms with Gasteiger partial charge in [-0.2, -0.15) is 0 Å². The van der Waals surface area contributed by atoms with Crippen molar-refractivity contribution in [3.63, 3.8) is 0 Å². The molecule has 0 unspecified atom stereocenters. The molecule has 17 heavy (non-hydrogen) atoms. The molecule has 0 saturated heterocycles. The highest BCUT2D eigenvalue weighted by Gasteiger charge is 2.19. The number of carbonyl (C=O) groups excluding carboxylic acids is 2. The van der Waals surface area contributed by atoms with Gasteiger partial charge in [0.1, 0.15) is 12.3 Å². The van der Waals surface area contributed by atoms with Crippen LogP contribution in [0.1, 0.15) is 19.4 Å². The summed E-state index contributed by atoms with van der Waals surface area (Å²) in [6.45, 7) is 3.51. The standard InChI is InChI=1S/C12H16N2O3/c1-12(2,13-9-15)14-11(16)17-8-10-6-4-3-5-7-10/h3-7,9H,8H2,1-2H3,(H,13,15)(H,14,16). The smallest absolute Gasteiger partial charge is 0.409 e. The van der Waals surface area contributed by atoms with Crippen molar-refractivity contribution in [1.29, 1.82) is 0 Å².